The number of alkyl carbamates (subject to hydrolysis) is 1. The van der Waals surface area contributed by atoms with Gasteiger partial charge in [-0.15, -0.1) is 0 Å². The fraction of sp³-hybridized carbons (Fsp3) is 0.464. The van der Waals surface area contributed by atoms with Crippen molar-refractivity contribution in [3.63, 3.8) is 0 Å². The number of hydrogen-bond donors (Lipinski definition) is 3. The molecule has 0 aliphatic carbocycles. The lowest BCUT2D eigenvalue weighted by atomic mass is 9.98. The van der Waals surface area contributed by atoms with Crippen molar-refractivity contribution in [3.05, 3.63) is 65.7 Å². The van der Waals surface area contributed by atoms with Gasteiger partial charge >= 0.3 is 6.09 Å². The van der Waals surface area contributed by atoms with Gasteiger partial charge in [0.15, 0.2) is 0 Å². The smallest absolute Gasteiger partial charge is 0.408 e. The Morgan fingerprint density at radius 3 is 2.25 bits per heavy atom. The van der Waals surface area contributed by atoms with Crippen molar-refractivity contribution in [2.24, 2.45) is 5.92 Å². The number of amides is 3. The second-order valence-electron chi connectivity index (χ2n) is 10.1. The van der Waals surface area contributed by atoms with Crippen LogP contribution >= 0.6 is 0 Å². The molecule has 2 unspecified atom stereocenters. The fourth-order valence-electron chi connectivity index (χ4n) is 3.78. The first kappa shape index (κ1) is 28.7. The van der Waals surface area contributed by atoms with Gasteiger partial charge in [0.05, 0.1) is 0 Å². The molecule has 8 nitrogen and oxygen atoms in total. The Bertz CT molecular complexity index is 1020. The van der Waals surface area contributed by atoms with Crippen LogP contribution in [-0.4, -0.2) is 46.1 Å². The second-order valence-corrected chi connectivity index (χ2v) is 10.1. The molecular formula is C28H39N3O5. The molecule has 2 rings (SSSR count). The molecule has 2 atom stereocenters. The first-order valence-electron chi connectivity index (χ1n) is 12.3. The number of phenols is 1. The van der Waals surface area contributed by atoms with E-state index in [0.29, 0.717) is 12.0 Å². The van der Waals surface area contributed by atoms with E-state index in [9.17, 15) is 19.5 Å². The van der Waals surface area contributed by atoms with E-state index in [2.05, 4.69) is 10.6 Å². The maximum absolute atomic E-state index is 13.9. The number of ether oxygens (including phenoxy) is 1. The van der Waals surface area contributed by atoms with Crippen LogP contribution in [0.4, 0.5) is 4.79 Å². The molecule has 0 aliphatic rings. The van der Waals surface area contributed by atoms with Crippen molar-refractivity contribution in [2.45, 2.75) is 72.2 Å². The highest BCUT2D eigenvalue weighted by Gasteiger charge is 2.37. The van der Waals surface area contributed by atoms with Crippen LogP contribution in [0.2, 0.25) is 0 Å². The molecule has 0 aliphatic heterocycles. The minimum atomic E-state index is -1.00. The molecule has 0 bridgehead atoms. The number of carbonyl (C=O) groups is 3. The molecule has 0 aromatic heterocycles. The van der Waals surface area contributed by atoms with E-state index in [-0.39, 0.29) is 30.7 Å². The van der Waals surface area contributed by atoms with E-state index >= 15 is 0 Å². The zero-order valence-corrected chi connectivity index (χ0v) is 22.1. The maximum Gasteiger partial charge on any atom is 0.408 e. The minimum Gasteiger partial charge on any atom is -0.508 e. The zero-order valence-electron chi connectivity index (χ0n) is 22.1. The van der Waals surface area contributed by atoms with E-state index in [0.717, 1.165) is 5.56 Å². The molecule has 2 aromatic carbocycles. The Hall–Kier alpha value is -3.55. The summed E-state index contributed by atoms with van der Waals surface area (Å²) in [5.74, 6) is -1.06. The average molecular weight is 498 g/mol. The third-order valence-electron chi connectivity index (χ3n) is 5.41. The summed E-state index contributed by atoms with van der Waals surface area (Å²) in [6.45, 7) is 11.4. The largest absolute Gasteiger partial charge is 0.508 e. The Kier molecular flexibility index (Phi) is 10.3. The first-order chi connectivity index (χ1) is 16.9. The van der Waals surface area contributed by atoms with Crippen LogP contribution < -0.4 is 10.6 Å². The van der Waals surface area contributed by atoms with Gasteiger partial charge in [-0.1, -0.05) is 63.2 Å². The van der Waals surface area contributed by atoms with Crippen LogP contribution in [0.3, 0.4) is 0 Å². The van der Waals surface area contributed by atoms with Crippen LogP contribution in [-0.2, 0) is 20.9 Å². The summed E-state index contributed by atoms with van der Waals surface area (Å²) < 4.78 is 5.37. The fourth-order valence-corrected chi connectivity index (χ4v) is 3.78. The normalized spacial score (nSPS) is 13.0. The van der Waals surface area contributed by atoms with Crippen molar-refractivity contribution >= 4 is 17.9 Å². The molecule has 0 radical (unpaired) electrons. The van der Waals surface area contributed by atoms with Gasteiger partial charge in [-0.2, -0.15) is 0 Å². The quantitative estimate of drug-likeness (QED) is 0.447. The van der Waals surface area contributed by atoms with Crippen LogP contribution in [0.5, 0.6) is 5.75 Å². The van der Waals surface area contributed by atoms with Crippen LogP contribution in [0.1, 0.15) is 65.1 Å². The molecule has 8 heteroatoms. The first-order valence-corrected chi connectivity index (χ1v) is 12.3. The van der Waals surface area contributed by atoms with Gasteiger partial charge in [0.2, 0.25) is 11.8 Å². The van der Waals surface area contributed by atoms with Gasteiger partial charge in [0, 0.05) is 13.1 Å². The Labute approximate surface area is 214 Å². The summed E-state index contributed by atoms with van der Waals surface area (Å²) in [5, 5.41) is 15.7. The number of nitrogens with zero attached hydrogens (tertiary/aromatic N) is 1. The summed E-state index contributed by atoms with van der Waals surface area (Å²) in [6.07, 6.45) is -0.113. The topological polar surface area (TPSA) is 108 Å². The summed E-state index contributed by atoms with van der Waals surface area (Å²) in [6, 6.07) is 13.9. The summed E-state index contributed by atoms with van der Waals surface area (Å²) in [5.41, 5.74) is 0.668. The molecule has 0 saturated heterocycles. The maximum atomic E-state index is 13.9. The Morgan fingerprint density at radius 1 is 1.03 bits per heavy atom. The molecule has 0 fully saturated rings. The van der Waals surface area contributed by atoms with E-state index in [1.165, 1.54) is 17.0 Å². The van der Waals surface area contributed by atoms with Crippen molar-refractivity contribution in [3.8, 4) is 5.75 Å². The number of hydrogen-bond acceptors (Lipinski definition) is 5. The highest BCUT2D eigenvalue weighted by atomic mass is 16.6. The summed E-state index contributed by atoms with van der Waals surface area (Å²) >= 11 is 0. The number of benzene rings is 2. The predicted octanol–water partition coefficient (Wildman–Crippen LogP) is 4.54. The van der Waals surface area contributed by atoms with Crippen molar-refractivity contribution in [2.75, 3.05) is 6.54 Å². The number of aromatic hydroxyl groups is 1. The molecule has 36 heavy (non-hydrogen) atoms. The Balaban J connectivity index is 2.40. The summed E-state index contributed by atoms with van der Waals surface area (Å²) in [4.78, 5) is 41.4. The minimum absolute atomic E-state index is 0.00968. The SMILES string of the molecule is CCCN(C(=O)C(NC(=O)OC(C)(C)C)C(C)C)C(C(=O)NCc1ccccc1)c1cccc(O)c1. The monoisotopic (exact) mass is 497 g/mol. The summed E-state index contributed by atoms with van der Waals surface area (Å²) in [7, 11) is 0. The molecule has 0 spiro atoms. The van der Waals surface area contributed by atoms with Gasteiger partial charge < -0.3 is 25.4 Å². The van der Waals surface area contributed by atoms with Gasteiger partial charge in [-0.3, -0.25) is 9.59 Å². The average Bonchev–Trinajstić information content (AvgIpc) is 2.80. The number of rotatable bonds is 10. The molecule has 196 valence electrons. The van der Waals surface area contributed by atoms with E-state index in [1.54, 1.807) is 32.9 Å². The Morgan fingerprint density at radius 2 is 1.69 bits per heavy atom. The third kappa shape index (κ3) is 8.59. The van der Waals surface area contributed by atoms with E-state index < -0.39 is 29.7 Å². The van der Waals surface area contributed by atoms with Gasteiger partial charge in [-0.25, -0.2) is 4.79 Å². The standard InChI is InChI=1S/C28H39N3O5/c1-7-16-31(26(34)23(19(2)3)30-27(35)36-28(4,5)6)24(21-14-11-15-22(32)17-21)25(33)29-18-20-12-9-8-10-13-20/h8-15,17,19,23-24,32H,7,16,18H2,1-6H3,(H,29,33)(H,30,35). The van der Waals surface area contributed by atoms with Crippen molar-refractivity contribution in [1.29, 1.82) is 0 Å². The zero-order chi connectivity index (χ0) is 26.9. The molecule has 2 aromatic rings. The van der Waals surface area contributed by atoms with Gasteiger partial charge in [-0.05, 0) is 56.4 Å². The van der Waals surface area contributed by atoms with Crippen LogP contribution in [0.25, 0.3) is 0 Å². The molecule has 3 amide bonds. The lowest BCUT2D eigenvalue weighted by Gasteiger charge is -2.35. The van der Waals surface area contributed by atoms with Crippen LogP contribution in [0.15, 0.2) is 54.6 Å². The molecule has 0 heterocycles. The molecule has 0 saturated carbocycles. The van der Waals surface area contributed by atoms with Crippen molar-refractivity contribution < 1.29 is 24.2 Å². The predicted molar refractivity (Wildman–Crippen MR) is 139 cm³/mol. The van der Waals surface area contributed by atoms with Crippen molar-refractivity contribution in [1.82, 2.24) is 15.5 Å². The lowest BCUT2D eigenvalue weighted by molar-refractivity contribution is -0.143. The van der Waals surface area contributed by atoms with Crippen LogP contribution in [0, 0.1) is 5.92 Å². The van der Waals surface area contributed by atoms with Gasteiger partial charge in [0.1, 0.15) is 23.4 Å². The highest BCUT2D eigenvalue weighted by Crippen LogP contribution is 2.27. The molecule has 3 N–H and O–H groups in total. The lowest BCUT2D eigenvalue weighted by Crippen LogP contribution is -2.55. The van der Waals surface area contributed by atoms with E-state index in [4.69, 9.17) is 4.74 Å². The third-order valence-corrected chi connectivity index (χ3v) is 5.41. The second kappa shape index (κ2) is 13.0. The number of nitrogens with one attached hydrogen (secondary N) is 2. The number of carbonyl (C=O) groups excluding carboxylic acids is 3. The van der Waals surface area contributed by atoms with Gasteiger partial charge in [0.25, 0.3) is 0 Å². The molecular weight excluding hydrogens is 458 g/mol. The van der Waals surface area contributed by atoms with E-state index in [1.807, 2.05) is 51.1 Å². The highest BCUT2D eigenvalue weighted by molar-refractivity contribution is 5.92. The number of phenolic OH excluding ortho intramolecular Hbond substituents is 1.